The molecule has 0 aliphatic rings. The SMILES string of the molecule is NNc1nc(-c2ncc(Br)cc2Br)no1. The standard InChI is InChI=1S/C7H5Br2N5O/c8-3-1-4(9)5(11-2-3)6-12-7(13-10)15-14-6/h1-2H,10H2,(H,12,13,14). The zero-order valence-corrected chi connectivity index (χ0v) is 10.4. The summed E-state index contributed by atoms with van der Waals surface area (Å²) in [6.07, 6.45) is 1.64. The van der Waals surface area contributed by atoms with Crippen molar-refractivity contribution in [3.8, 4) is 11.5 Å². The normalized spacial score (nSPS) is 10.3. The van der Waals surface area contributed by atoms with Gasteiger partial charge in [0.2, 0.25) is 5.82 Å². The van der Waals surface area contributed by atoms with Crippen molar-refractivity contribution in [1.29, 1.82) is 0 Å². The number of rotatable bonds is 2. The Hall–Kier alpha value is -0.990. The molecule has 2 aromatic heterocycles. The van der Waals surface area contributed by atoms with Crippen LogP contribution in [0.1, 0.15) is 0 Å². The number of pyridine rings is 1. The van der Waals surface area contributed by atoms with Crippen LogP contribution in [-0.4, -0.2) is 15.1 Å². The summed E-state index contributed by atoms with van der Waals surface area (Å²) in [5.41, 5.74) is 2.84. The zero-order chi connectivity index (χ0) is 10.8. The van der Waals surface area contributed by atoms with Crippen LogP contribution in [0, 0.1) is 0 Å². The Morgan fingerprint density at radius 1 is 1.40 bits per heavy atom. The van der Waals surface area contributed by atoms with Crippen molar-refractivity contribution in [1.82, 2.24) is 15.1 Å². The largest absolute Gasteiger partial charge is 0.335 e. The number of anilines is 1. The van der Waals surface area contributed by atoms with Crippen molar-refractivity contribution in [3.63, 3.8) is 0 Å². The van der Waals surface area contributed by atoms with Crippen LogP contribution in [0.2, 0.25) is 0 Å². The smallest absolute Gasteiger partial charge is 0.314 e. The summed E-state index contributed by atoms with van der Waals surface area (Å²) in [6.45, 7) is 0. The lowest BCUT2D eigenvalue weighted by atomic mass is 10.3. The van der Waals surface area contributed by atoms with Gasteiger partial charge in [-0.25, -0.2) is 5.84 Å². The first kappa shape index (κ1) is 10.5. The first-order valence-electron chi connectivity index (χ1n) is 3.82. The van der Waals surface area contributed by atoms with E-state index in [-0.39, 0.29) is 6.01 Å². The van der Waals surface area contributed by atoms with E-state index in [0.29, 0.717) is 11.5 Å². The molecule has 78 valence electrons. The Labute approximate surface area is 101 Å². The van der Waals surface area contributed by atoms with Gasteiger partial charge < -0.3 is 4.52 Å². The van der Waals surface area contributed by atoms with Crippen molar-refractivity contribution in [3.05, 3.63) is 21.2 Å². The molecule has 0 saturated carbocycles. The number of hydrogen-bond donors (Lipinski definition) is 2. The Balaban J connectivity index is 2.44. The summed E-state index contributed by atoms with van der Waals surface area (Å²) in [5, 5.41) is 3.71. The molecular formula is C7H5Br2N5O. The second-order valence-corrected chi connectivity index (χ2v) is 4.32. The molecule has 0 spiro atoms. The average Bonchev–Trinajstić information content (AvgIpc) is 2.66. The molecule has 0 amide bonds. The summed E-state index contributed by atoms with van der Waals surface area (Å²) in [6, 6.07) is 1.98. The van der Waals surface area contributed by atoms with Crippen molar-refractivity contribution in [2.75, 3.05) is 5.43 Å². The van der Waals surface area contributed by atoms with E-state index in [1.54, 1.807) is 6.20 Å². The lowest BCUT2D eigenvalue weighted by Crippen LogP contribution is -2.06. The highest BCUT2D eigenvalue weighted by Crippen LogP contribution is 2.26. The van der Waals surface area contributed by atoms with Crippen LogP contribution in [0.4, 0.5) is 6.01 Å². The third-order valence-corrected chi connectivity index (χ3v) is 2.61. The number of hydrazine groups is 1. The summed E-state index contributed by atoms with van der Waals surface area (Å²) in [7, 11) is 0. The van der Waals surface area contributed by atoms with E-state index < -0.39 is 0 Å². The summed E-state index contributed by atoms with van der Waals surface area (Å²) in [5.74, 6) is 5.48. The van der Waals surface area contributed by atoms with Crippen molar-refractivity contribution in [2.24, 2.45) is 5.84 Å². The van der Waals surface area contributed by atoms with Gasteiger partial charge in [-0.15, -0.1) is 0 Å². The van der Waals surface area contributed by atoms with E-state index in [9.17, 15) is 0 Å². The molecule has 15 heavy (non-hydrogen) atoms. The Bertz CT molecular complexity index is 486. The second kappa shape index (κ2) is 4.25. The van der Waals surface area contributed by atoms with Crippen LogP contribution in [0.25, 0.3) is 11.5 Å². The average molecular weight is 335 g/mol. The molecule has 0 radical (unpaired) electrons. The highest BCUT2D eigenvalue weighted by Gasteiger charge is 2.12. The van der Waals surface area contributed by atoms with Crippen molar-refractivity contribution in [2.45, 2.75) is 0 Å². The molecule has 0 aromatic carbocycles. The number of nitrogens with two attached hydrogens (primary N) is 1. The van der Waals surface area contributed by atoms with Gasteiger partial charge in [0.25, 0.3) is 0 Å². The highest BCUT2D eigenvalue weighted by atomic mass is 79.9. The third kappa shape index (κ3) is 2.16. The monoisotopic (exact) mass is 333 g/mol. The lowest BCUT2D eigenvalue weighted by Gasteiger charge is -1.97. The van der Waals surface area contributed by atoms with Crippen LogP contribution < -0.4 is 11.3 Å². The van der Waals surface area contributed by atoms with E-state index in [0.717, 1.165) is 8.95 Å². The molecule has 0 fully saturated rings. The fourth-order valence-electron chi connectivity index (χ4n) is 0.957. The molecule has 0 aliphatic carbocycles. The van der Waals surface area contributed by atoms with Crippen molar-refractivity contribution >= 4 is 37.9 Å². The Kier molecular flexibility index (Phi) is 2.98. The van der Waals surface area contributed by atoms with E-state index in [4.69, 9.17) is 10.4 Å². The molecular weight excluding hydrogens is 330 g/mol. The van der Waals surface area contributed by atoms with Crippen LogP contribution in [0.5, 0.6) is 0 Å². The molecule has 8 heteroatoms. The number of nitrogens with one attached hydrogen (secondary N) is 1. The number of hydrogen-bond acceptors (Lipinski definition) is 6. The molecule has 3 N–H and O–H groups in total. The maximum Gasteiger partial charge on any atom is 0.335 e. The Morgan fingerprint density at radius 3 is 2.80 bits per heavy atom. The van der Waals surface area contributed by atoms with Crippen LogP contribution >= 0.6 is 31.9 Å². The summed E-state index contributed by atoms with van der Waals surface area (Å²) in [4.78, 5) is 8.12. The molecule has 0 bridgehead atoms. The van der Waals surface area contributed by atoms with Gasteiger partial charge in [0.1, 0.15) is 5.69 Å². The molecule has 6 nitrogen and oxygen atoms in total. The van der Waals surface area contributed by atoms with Gasteiger partial charge in [-0.1, -0.05) is 5.16 Å². The minimum atomic E-state index is 0.140. The van der Waals surface area contributed by atoms with Crippen LogP contribution in [0.15, 0.2) is 25.7 Å². The number of nitrogen functional groups attached to an aromatic ring is 1. The summed E-state index contributed by atoms with van der Waals surface area (Å²) >= 11 is 6.65. The summed E-state index contributed by atoms with van der Waals surface area (Å²) < 4.78 is 6.41. The molecule has 0 atom stereocenters. The molecule has 0 aliphatic heterocycles. The maximum absolute atomic E-state index is 5.12. The second-order valence-electron chi connectivity index (χ2n) is 2.55. The van der Waals surface area contributed by atoms with Gasteiger partial charge in [0, 0.05) is 15.1 Å². The predicted molar refractivity (Wildman–Crippen MR) is 60.7 cm³/mol. The highest BCUT2D eigenvalue weighted by molar-refractivity contribution is 9.11. The van der Waals surface area contributed by atoms with Crippen molar-refractivity contribution < 1.29 is 4.52 Å². The molecule has 0 unspecified atom stereocenters. The fraction of sp³-hybridized carbons (Fsp3) is 0. The van der Waals surface area contributed by atoms with Crippen LogP contribution in [0.3, 0.4) is 0 Å². The predicted octanol–water partition coefficient (Wildman–Crippen LogP) is 1.94. The lowest BCUT2D eigenvalue weighted by molar-refractivity contribution is 0.432. The molecule has 2 aromatic rings. The minimum Gasteiger partial charge on any atom is -0.314 e. The molecule has 2 rings (SSSR count). The Morgan fingerprint density at radius 2 is 2.20 bits per heavy atom. The van der Waals surface area contributed by atoms with Crippen LogP contribution in [-0.2, 0) is 0 Å². The van der Waals surface area contributed by atoms with Gasteiger partial charge in [-0.3, -0.25) is 10.4 Å². The quantitative estimate of drug-likeness (QED) is 0.644. The maximum atomic E-state index is 5.12. The molecule has 0 saturated heterocycles. The van der Waals surface area contributed by atoms with Gasteiger partial charge >= 0.3 is 6.01 Å². The van der Waals surface area contributed by atoms with Gasteiger partial charge in [0.05, 0.1) is 0 Å². The number of halogens is 2. The fourth-order valence-corrected chi connectivity index (χ4v) is 2.12. The van der Waals surface area contributed by atoms with Gasteiger partial charge in [-0.2, -0.15) is 4.98 Å². The zero-order valence-electron chi connectivity index (χ0n) is 7.24. The first-order chi connectivity index (χ1) is 7.20. The minimum absolute atomic E-state index is 0.140. The number of nitrogens with zero attached hydrogens (tertiary/aromatic N) is 3. The van der Waals surface area contributed by atoms with E-state index in [2.05, 4.69) is 52.4 Å². The molecule has 2 heterocycles. The number of aromatic nitrogens is 3. The topological polar surface area (TPSA) is 89.9 Å². The van der Waals surface area contributed by atoms with Gasteiger partial charge in [0.15, 0.2) is 0 Å². The van der Waals surface area contributed by atoms with Gasteiger partial charge in [-0.05, 0) is 37.9 Å². The third-order valence-electron chi connectivity index (χ3n) is 1.57. The first-order valence-corrected chi connectivity index (χ1v) is 5.41. The van der Waals surface area contributed by atoms with E-state index in [1.807, 2.05) is 6.07 Å². The van der Waals surface area contributed by atoms with E-state index >= 15 is 0 Å². The van der Waals surface area contributed by atoms with E-state index in [1.165, 1.54) is 0 Å².